The molecule has 0 bridgehead atoms. The van der Waals surface area contributed by atoms with Crippen LogP contribution in [0.25, 0.3) is 0 Å². The van der Waals surface area contributed by atoms with Gasteiger partial charge in [-0.3, -0.25) is 4.79 Å². The third-order valence-corrected chi connectivity index (χ3v) is 3.30. The van der Waals surface area contributed by atoms with Crippen LogP contribution in [0.5, 0.6) is 0 Å². The number of hydrogen-bond acceptors (Lipinski definition) is 8. The number of carbonyl (C=O) groups is 3. The first kappa shape index (κ1) is 23.5. The lowest BCUT2D eigenvalue weighted by molar-refractivity contribution is -0.140. The van der Waals surface area contributed by atoms with Crippen LogP contribution < -0.4 is 22.1 Å². The Morgan fingerprint density at radius 1 is 1.24 bits per heavy atom. The second-order valence-corrected chi connectivity index (χ2v) is 5.85. The number of aliphatic carboxylic acids is 1. The maximum Gasteiger partial charge on any atom is 0.328 e. The highest BCUT2D eigenvalue weighted by atomic mass is 16.5. The van der Waals surface area contributed by atoms with E-state index in [0.29, 0.717) is 12.2 Å². The lowest BCUT2D eigenvalue weighted by atomic mass is 10.1. The zero-order valence-corrected chi connectivity index (χ0v) is 15.7. The number of hydrogen-bond donors (Lipinski definition) is 6. The van der Waals surface area contributed by atoms with Crippen LogP contribution in [0.4, 0.5) is 4.79 Å². The number of aliphatic hydroxyl groups excluding tert-OH is 1. The Kier molecular flexibility index (Phi) is 9.78. The fraction of sp³-hybridized carbons (Fsp3) is 0.353. The Labute approximate surface area is 166 Å². The van der Waals surface area contributed by atoms with E-state index >= 15 is 0 Å². The molecule has 0 aliphatic carbocycles. The Hall–Kier alpha value is -3.51. The lowest BCUT2D eigenvalue weighted by Crippen LogP contribution is -2.47. The summed E-state index contributed by atoms with van der Waals surface area (Å²) in [5.41, 5.74) is 11.5. The first-order valence-corrected chi connectivity index (χ1v) is 8.49. The zero-order valence-electron chi connectivity index (χ0n) is 15.7. The van der Waals surface area contributed by atoms with Crippen molar-refractivity contribution >= 4 is 17.9 Å². The average molecular weight is 408 g/mol. The van der Waals surface area contributed by atoms with Gasteiger partial charge in [0, 0.05) is 6.92 Å². The minimum Gasteiger partial charge on any atom is -0.480 e. The van der Waals surface area contributed by atoms with Crippen molar-refractivity contribution in [2.75, 3.05) is 6.61 Å². The lowest BCUT2D eigenvalue weighted by Gasteiger charge is -2.11. The number of carboxylic acids is 1. The number of carboxylic acid groups (broad SMARTS) is 1. The van der Waals surface area contributed by atoms with E-state index in [1.165, 1.54) is 6.92 Å². The number of carbonyl (C=O) groups excluding carboxylic acids is 2. The number of benzene rings is 1. The maximum absolute atomic E-state index is 11.6. The van der Waals surface area contributed by atoms with E-state index < -0.39 is 30.7 Å². The van der Waals surface area contributed by atoms with Crippen LogP contribution in [-0.2, 0) is 22.6 Å². The molecule has 12 nitrogen and oxygen atoms in total. The van der Waals surface area contributed by atoms with Crippen LogP contribution in [0.3, 0.4) is 0 Å². The van der Waals surface area contributed by atoms with Gasteiger partial charge in [0.05, 0.1) is 19.2 Å². The van der Waals surface area contributed by atoms with Crippen LogP contribution >= 0.6 is 0 Å². The van der Waals surface area contributed by atoms with Crippen molar-refractivity contribution in [2.45, 2.75) is 32.0 Å². The number of aliphatic hydroxyl groups is 1. The van der Waals surface area contributed by atoms with Crippen LogP contribution in [0.1, 0.15) is 30.2 Å². The van der Waals surface area contributed by atoms with Gasteiger partial charge in [-0.25, -0.2) is 9.59 Å². The highest BCUT2D eigenvalue weighted by molar-refractivity contribution is 5.82. The predicted octanol–water partition coefficient (Wildman–Crippen LogP) is -0.952. The molecule has 0 spiro atoms. The number of nitrogens with two attached hydrogens (primary N) is 2. The SMILES string of the molecule is CC(N)=O.N[C@@H](Cc1ccccc1)c1noc(CNC(=O)N[C@@H](CO)C(=O)O)n1. The van der Waals surface area contributed by atoms with Crippen LogP contribution in [-0.4, -0.2) is 50.9 Å². The molecule has 8 N–H and O–H groups in total. The number of amides is 3. The minimum absolute atomic E-state index is 0.103. The van der Waals surface area contributed by atoms with E-state index in [1.807, 2.05) is 30.3 Å². The van der Waals surface area contributed by atoms with Gasteiger partial charge in [0.25, 0.3) is 0 Å². The molecule has 0 aliphatic heterocycles. The highest BCUT2D eigenvalue weighted by Crippen LogP contribution is 2.13. The molecule has 12 heteroatoms. The van der Waals surface area contributed by atoms with E-state index in [9.17, 15) is 14.4 Å². The molecular formula is C17H24N6O6. The van der Waals surface area contributed by atoms with Crippen molar-refractivity contribution in [2.24, 2.45) is 11.5 Å². The molecule has 0 saturated heterocycles. The topological polar surface area (TPSA) is 207 Å². The van der Waals surface area contributed by atoms with E-state index in [-0.39, 0.29) is 18.3 Å². The summed E-state index contributed by atoms with van der Waals surface area (Å²) in [6.45, 7) is 0.483. The Morgan fingerprint density at radius 3 is 2.41 bits per heavy atom. The molecule has 29 heavy (non-hydrogen) atoms. The zero-order chi connectivity index (χ0) is 21.8. The van der Waals surface area contributed by atoms with Crippen LogP contribution in [0.15, 0.2) is 34.9 Å². The fourth-order valence-electron chi connectivity index (χ4n) is 2.00. The number of nitrogens with zero attached hydrogens (tertiary/aromatic N) is 2. The summed E-state index contributed by atoms with van der Waals surface area (Å²) in [7, 11) is 0. The van der Waals surface area contributed by atoms with Gasteiger partial charge in [-0.15, -0.1) is 0 Å². The molecule has 158 valence electrons. The largest absolute Gasteiger partial charge is 0.480 e. The summed E-state index contributed by atoms with van der Waals surface area (Å²) >= 11 is 0. The normalized spacial score (nSPS) is 12.1. The molecule has 0 aliphatic rings. The number of aromatic nitrogens is 2. The highest BCUT2D eigenvalue weighted by Gasteiger charge is 2.19. The molecule has 2 atom stereocenters. The van der Waals surface area contributed by atoms with E-state index in [2.05, 4.69) is 26.5 Å². The van der Waals surface area contributed by atoms with Crippen molar-refractivity contribution in [1.82, 2.24) is 20.8 Å². The second-order valence-electron chi connectivity index (χ2n) is 5.85. The Bertz CT molecular complexity index is 793. The summed E-state index contributed by atoms with van der Waals surface area (Å²) in [4.78, 5) is 35.6. The molecule has 2 rings (SSSR count). The summed E-state index contributed by atoms with van der Waals surface area (Å²) in [6, 6.07) is 6.96. The Morgan fingerprint density at radius 2 is 1.86 bits per heavy atom. The fourth-order valence-corrected chi connectivity index (χ4v) is 2.00. The Balaban J connectivity index is 0.000000960. The predicted molar refractivity (Wildman–Crippen MR) is 100 cm³/mol. The molecule has 3 amide bonds. The molecule has 1 heterocycles. The summed E-state index contributed by atoms with van der Waals surface area (Å²) in [5, 5.41) is 25.8. The van der Waals surface area contributed by atoms with Gasteiger partial charge in [0.15, 0.2) is 11.9 Å². The number of urea groups is 1. The monoisotopic (exact) mass is 408 g/mol. The van der Waals surface area contributed by atoms with E-state index in [4.69, 9.17) is 20.5 Å². The van der Waals surface area contributed by atoms with Crippen LogP contribution in [0.2, 0.25) is 0 Å². The second kappa shape index (κ2) is 12.0. The van der Waals surface area contributed by atoms with Gasteiger partial charge in [-0.05, 0) is 12.0 Å². The summed E-state index contributed by atoms with van der Waals surface area (Å²) in [6.07, 6.45) is 0.532. The van der Waals surface area contributed by atoms with Gasteiger partial charge in [0.1, 0.15) is 0 Å². The van der Waals surface area contributed by atoms with E-state index in [1.54, 1.807) is 0 Å². The van der Waals surface area contributed by atoms with Gasteiger partial charge < -0.3 is 36.8 Å². The molecule has 1 aromatic carbocycles. The molecule has 1 aromatic heterocycles. The summed E-state index contributed by atoms with van der Waals surface area (Å²) in [5.74, 6) is -1.24. The quantitative estimate of drug-likeness (QED) is 0.318. The van der Waals surface area contributed by atoms with Crippen molar-refractivity contribution in [1.29, 1.82) is 0 Å². The molecule has 0 fully saturated rings. The van der Waals surface area contributed by atoms with Crippen molar-refractivity contribution < 1.29 is 29.1 Å². The van der Waals surface area contributed by atoms with Crippen LogP contribution in [0, 0.1) is 0 Å². The van der Waals surface area contributed by atoms with Gasteiger partial charge in [-0.1, -0.05) is 35.5 Å². The molecule has 0 saturated carbocycles. The standard InChI is InChI=1S/C15H19N5O5.C2H5NO/c16-10(6-9-4-2-1-3-5-9)13-19-12(25-20-13)7-17-15(24)18-11(8-21)14(22)23;1-2(3)4/h1-5,10-11,21H,6-8,16H2,(H,22,23)(H2,17,18,24);1H3,(H2,3,4)/t10-,11-;/m0./s1. The van der Waals surface area contributed by atoms with E-state index in [0.717, 1.165) is 5.56 Å². The van der Waals surface area contributed by atoms with Gasteiger partial charge in [-0.2, -0.15) is 4.98 Å². The van der Waals surface area contributed by atoms with Crippen molar-refractivity contribution in [3.05, 3.63) is 47.6 Å². The smallest absolute Gasteiger partial charge is 0.328 e. The maximum atomic E-state index is 11.6. The van der Waals surface area contributed by atoms with Crippen molar-refractivity contribution in [3.8, 4) is 0 Å². The minimum atomic E-state index is -1.39. The first-order chi connectivity index (χ1) is 13.7. The number of nitrogens with one attached hydrogen (secondary N) is 2. The van der Waals surface area contributed by atoms with Gasteiger partial charge in [0.2, 0.25) is 11.8 Å². The summed E-state index contributed by atoms with van der Waals surface area (Å²) < 4.78 is 5.00. The molecule has 0 unspecified atom stereocenters. The third-order valence-electron chi connectivity index (χ3n) is 3.30. The molecule has 2 aromatic rings. The van der Waals surface area contributed by atoms with Crippen molar-refractivity contribution in [3.63, 3.8) is 0 Å². The first-order valence-electron chi connectivity index (χ1n) is 8.49. The average Bonchev–Trinajstić information content (AvgIpc) is 3.14. The number of rotatable bonds is 8. The molecular weight excluding hydrogens is 384 g/mol. The molecule has 0 radical (unpaired) electrons. The number of primary amides is 1. The van der Waals surface area contributed by atoms with Gasteiger partial charge >= 0.3 is 12.0 Å². The third kappa shape index (κ3) is 9.30.